The molecule has 0 aromatic carbocycles. The Morgan fingerprint density at radius 1 is 1.27 bits per heavy atom. The lowest BCUT2D eigenvalue weighted by molar-refractivity contribution is 0.308. The van der Waals surface area contributed by atoms with E-state index < -0.39 is 0 Å². The summed E-state index contributed by atoms with van der Waals surface area (Å²) >= 11 is 0. The zero-order valence-electron chi connectivity index (χ0n) is 6.49. The second kappa shape index (κ2) is 3.37. The molecular weight excluding hydrogens is 144 g/mol. The maximum absolute atomic E-state index is 8.51. The van der Waals surface area contributed by atoms with Gasteiger partial charge < -0.3 is 10.4 Å². The van der Waals surface area contributed by atoms with E-state index in [1.165, 1.54) is 0 Å². The fraction of sp³-hybridized carbons (Fsp3) is 0.714. The number of rotatable bonds is 0. The van der Waals surface area contributed by atoms with Crippen molar-refractivity contribution in [2.45, 2.75) is 26.2 Å². The van der Waals surface area contributed by atoms with E-state index in [2.05, 4.69) is 17.2 Å². The Labute approximate surface area is 65.2 Å². The maximum atomic E-state index is 8.51. The molecule has 1 fully saturated rings. The lowest BCUT2D eigenvalue weighted by Gasteiger charge is -2.18. The Balaban J connectivity index is 2.72. The molecule has 1 aliphatic carbocycles. The standard InChI is InChI=1S/C7H12N2O2/c1-5-2-3-6(8-10)7(4-5)9-11/h5,10-11H,2-4H2,1H3. The summed E-state index contributed by atoms with van der Waals surface area (Å²) in [6.07, 6.45) is 2.41. The molecule has 62 valence electrons. The van der Waals surface area contributed by atoms with Crippen LogP contribution in [0.15, 0.2) is 10.3 Å². The van der Waals surface area contributed by atoms with Gasteiger partial charge in [-0.25, -0.2) is 0 Å². The second-order valence-corrected chi connectivity index (χ2v) is 2.94. The van der Waals surface area contributed by atoms with Crippen molar-refractivity contribution in [2.24, 2.45) is 16.2 Å². The third kappa shape index (κ3) is 1.69. The fourth-order valence-electron chi connectivity index (χ4n) is 1.28. The third-order valence-corrected chi connectivity index (χ3v) is 1.99. The molecule has 0 aromatic rings. The first-order valence-corrected chi connectivity index (χ1v) is 3.70. The van der Waals surface area contributed by atoms with Crippen LogP contribution in [0.4, 0.5) is 0 Å². The van der Waals surface area contributed by atoms with Crippen molar-refractivity contribution in [1.29, 1.82) is 0 Å². The molecule has 0 aromatic heterocycles. The summed E-state index contributed by atoms with van der Waals surface area (Å²) in [6, 6.07) is 0. The van der Waals surface area contributed by atoms with E-state index in [0.717, 1.165) is 6.42 Å². The molecule has 0 radical (unpaired) electrons. The van der Waals surface area contributed by atoms with Gasteiger partial charge in [-0.05, 0) is 25.2 Å². The van der Waals surface area contributed by atoms with Crippen LogP contribution in [0.5, 0.6) is 0 Å². The van der Waals surface area contributed by atoms with Gasteiger partial charge in [-0.15, -0.1) is 0 Å². The first-order valence-electron chi connectivity index (χ1n) is 3.70. The summed E-state index contributed by atoms with van der Waals surface area (Å²) < 4.78 is 0. The van der Waals surface area contributed by atoms with Crippen molar-refractivity contribution in [2.75, 3.05) is 0 Å². The van der Waals surface area contributed by atoms with E-state index in [1.54, 1.807) is 0 Å². The predicted octanol–water partition coefficient (Wildman–Crippen LogP) is 1.47. The Hall–Kier alpha value is -1.06. The molecule has 4 heteroatoms. The first-order chi connectivity index (χ1) is 5.27. The molecule has 1 atom stereocenters. The molecule has 1 saturated carbocycles. The van der Waals surface area contributed by atoms with Crippen LogP contribution in [0.3, 0.4) is 0 Å². The lowest BCUT2D eigenvalue weighted by Crippen LogP contribution is -2.23. The summed E-state index contributed by atoms with van der Waals surface area (Å²) in [5.41, 5.74) is 1.04. The second-order valence-electron chi connectivity index (χ2n) is 2.94. The SMILES string of the molecule is CC1CCC(=NO)C(=NO)C1. The monoisotopic (exact) mass is 156 g/mol. The summed E-state index contributed by atoms with van der Waals surface area (Å²) in [7, 11) is 0. The molecule has 1 aliphatic rings. The summed E-state index contributed by atoms with van der Waals surface area (Å²) in [6.45, 7) is 2.08. The Morgan fingerprint density at radius 2 is 1.91 bits per heavy atom. The molecule has 1 unspecified atom stereocenters. The van der Waals surface area contributed by atoms with Crippen LogP contribution in [0.25, 0.3) is 0 Å². The van der Waals surface area contributed by atoms with Gasteiger partial charge in [-0.1, -0.05) is 17.2 Å². The molecule has 0 heterocycles. The van der Waals surface area contributed by atoms with Gasteiger partial charge in [0.15, 0.2) is 0 Å². The quantitative estimate of drug-likeness (QED) is 0.412. The first kappa shape index (κ1) is 8.04. The number of oxime groups is 2. The van der Waals surface area contributed by atoms with Crippen molar-refractivity contribution in [3.05, 3.63) is 0 Å². The van der Waals surface area contributed by atoms with Crippen molar-refractivity contribution in [3.63, 3.8) is 0 Å². The Bertz CT molecular complexity index is 199. The van der Waals surface area contributed by atoms with Crippen molar-refractivity contribution < 1.29 is 10.4 Å². The fourth-order valence-corrected chi connectivity index (χ4v) is 1.28. The highest BCUT2D eigenvalue weighted by Gasteiger charge is 2.20. The highest BCUT2D eigenvalue weighted by Crippen LogP contribution is 2.19. The highest BCUT2D eigenvalue weighted by molar-refractivity contribution is 6.42. The van der Waals surface area contributed by atoms with Crippen LogP contribution in [0.1, 0.15) is 26.2 Å². The molecule has 0 amide bonds. The van der Waals surface area contributed by atoms with Gasteiger partial charge in [0.25, 0.3) is 0 Å². The predicted molar refractivity (Wildman–Crippen MR) is 41.5 cm³/mol. The lowest BCUT2D eigenvalue weighted by atomic mass is 9.88. The molecule has 11 heavy (non-hydrogen) atoms. The van der Waals surface area contributed by atoms with Crippen molar-refractivity contribution in [3.8, 4) is 0 Å². The van der Waals surface area contributed by atoms with Gasteiger partial charge in [0.1, 0.15) is 11.4 Å². The molecule has 0 bridgehead atoms. The van der Waals surface area contributed by atoms with Crippen LogP contribution in [0, 0.1) is 5.92 Å². The number of hydrogen-bond donors (Lipinski definition) is 2. The van der Waals surface area contributed by atoms with Gasteiger partial charge >= 0.3 is 0 Å². The maximum Gasteiger partial charge on any atom is 0.105 e. The van der Waals surface area contributed by atoms with E-state index in [-0.39, 0.29) is 0 Å². The van der Waals surface area contributed by atoms with E-state index in [1.807, 2.05) is 0 Å². The minimum atomic E-state index is 0.519. The average molecular weight is 156 g/mol. The zero-order chi connectivity index (χ0) is 8.27. The highest BCUT2D eigenvalue weighted by atomic mass is 16.4. The minimum absolute atomic E-state index is 0.519. The molecule has 1 rings (SSSR count). The molecule has 0 spiro atoms. The summed E-state index contributed by atoms with van der Waals surface area (Å²) in [5.74, 6) is 0.520. The van der Waals surface area contributed by atoms with Gasteiger partial charge in [0.05, 0.1) is 0 Å². The van der Waals surface area contributed by atoms with Crippen molar-refractivity contribution >= 4 is 11.4 Å². The van der Waals surface area contributed by atoms with Gasteiger partial charge in [-0.2, -0.15) is 0 Å². The van der Waals surface area contributed by atoms with E-state index in [0.29, 0.717) is 30.2 Å². The third-order valence-electron chi connectivity index (χ3n) is 1.99. The van der Waals surface area contributed by atoms with Gasteiger partial charge in [-0.3, -0.25) is 0 Å². The van der Waals surface area contributed by atoms with Crippen LogP contribution >= 0.6 is 0 Å². The number of hydrogen-bond acceptors (Lipinski definition) is 4. The summed E-state index contributed by atoms with van der Waals surface area (Å²) in [4.78, 5) is 0. The minimum Gasteiger partial charge on any atom is -0.411 e. The molecule has 2 N–H and O–H groups in total. The van der Waals surface area contributed by atoms with Crippen LogP contribution < -0.4 is 0 Å². The van der Waals surface area contributed by atoms with E-state index >= 15 is 0 Å². The zero-order valence-corrected chi connectivity index (χ0v) is 6.49. The molecule has 0 saturated heterocycles. The summed E-state index contributed by atoms with van der Waals surface area (Å²) in [5, 5.41) is 23.1. The molecule has 0 aliphatic heterocycles. The Morgan fingerprint density at radius 3 is 2.45 bits per heavy atom. The Kier molecular flexibility index (Phi) is 2.46. The molecule has 4 nitrogen and oxygen atoms in total. The van der Waals surface area contributed by atoms with Crippen LogP contribution in [-0.2, 0) is 0 Å². The van der Waals surface area contributed by atoms with Crippen LogP contribution in [0.2, 0.25) is 0 Å². The average Bonchev–Trinajstić information content (AvgIpc) is 2.04. The van der Waals surface area contributed by atoms with Gasteiger partial charge in [0, 0.05) is 0 Å². The largest absolute Gasteiger partial charge is 0.411 e. The van der Waals surface area contributed by atoms with Crippen LogP contribution in [-0.4, -0.2) is 21.8 Å². The number of nitrogens with zero attached hydrogens (tertiary/aromatic N) is 2. The van der Waals surface area contributed by atoms with Crippen molar-refractivity contribution in [1.82, 2.24) is 0 Å². The van der Waals surface area contributed by atoms with E-state index in [9.17, 15) is 0 Å². The smallest absolute Gasteiger partial charge is 0.105 e. The topological polar surface area (TPSA) is 65.2 Å². The van der Waals surface area contributed by atoms with Gasteiger partial charge in [0.2, 0.25) is 0 Å². The molecular formula is C7H12N2O2. The van der Waals surface area contributed by atoms with E-state index in [4.69, 9.17) is 10.4 Å². The normalized spacial score (nSPS) is 33.0.